The summed E-state index contributed by atoms with van der Waals surface area (Å²) in [4.78, 5) is 0.0425. The van der Waals surface area contributed by atoms with Gasteiger partial charge in [-0.2, -0.15) is 4.31 Å². The largest absolute Gasteiger partial charge is 0.377 e. The maximum atomic E-state index is 13.0. The Balaban J connectivity index is 2.85. The predicted molar refractivity (Wildman–Crippen MR) is 75.0 cm³/mol. The third-order valence-corrected chi connectivity index (χ3v) is 5.27. The van der Waals surface area contributed by atoms with Gasteiger partial charge in [-0.15, -0.1) is 0 Å². The third kappa shape index (κ3) is 4.52. The van der Waals surface area contributed by atoms with Gasteiger partial charge in [-0.1, -0.05) is 0 Å². The molecule has 0 atom stereocenters. The summed E-state index contributed by atoms with van der Waals surface area (Å²) in [6, 6.07) is 3.50. The second-order valence-electron chi connectivity index (χ2n) is 4.32. The molecule has 1 aromatic rings. The highest BCUT2D eigenvalue weighted by atomic mass is 79.9. The van der Waals surface area contributed by atoms with E-state index in [1.807, 2.05) is 13.8 Å². The van der Waals surface area contributed by atoms with Crippen LogP contribution in [0.25, 0.3) is 0 Å². The number of ether oxygens (including phenoxy) is 1. The van der Waals surface area contributed by atoms with E-state index in [9.17, 15) is 12.8 Å². The molecule has 0 bridgehead atoms. The molecule has 0 N–H and O–H groups in total. The number of sulfonamides is 1. The predicted octanol–water partition coefficient (Wildman–Crippen LogP) is 2.63. The zero-order chi connectivity index (χ0) is 14.6. The second kappa shape index (κ2) is 6.78. The van der Waals surface area contributed by atoms with Crippen LogP contribution >= 0.6 is 15.9 Å². The van der Waals surface area contributed by atoms with Crippen molar-refractivity contribution < 1.29 is 17.5 Å². The zero-order valence-electron chi connectivity index (χ0n) is 11.1. The molecule has 4 nitrogen and oxygen atoms in total. The Bertz CT molecular complexity index is 534. The van der Waals surface area contributed by atoms with Gasteiger partial charge in [0.1, 0.15) is 5.82 Å². The van der Waals surface area contributed by atoms with Crippen LogP contribution in [0, 0.1) is 5.82 Å². The van der Waals surface area contributed by atoms with E-state index in [0.717, 1.165) is 12.1 Å². The van der Waals surface area contributed by atoms with Crippen molar-refractivity contribution in [3.05, 3.63) is 28.5 Å². The molecule has 0 spiro atoms. The fourth-order valence-electron chi connectivity index (χ4n) is 1.39. The lowest BCUT2D eigenvalue weighted by atomic mass is 10.3. The van der Waals surface area contributed by atoms with Gasteiger partial charge in [-0.3, -0.25) is 0 Å². The van der Waals surface area contributed by atoms with Gasteiger partial charge in [-0.25, -0.2) is 12.8 Å². The van der Waals surface area contributed by atoms with E-state index in [1.54, 1.807) is 0 Å². The van der Waals surface area contributed by atoms with Crippen molar-refractivity contribution in [2.24, 2.45) is 0 Å². The lowest BCUT2D eigenvalue weighted by Gasteiger charge is -2.18. The van der Waals surface area contributed by atoms with Crippen LogP contribution < -0.4 is 0 Å². The van der Waals surface area contributed by atoms with Crippen molar-refractivity contribution in [2.45, 2.75) is 24.8 Å². The van der Waals surface area contributed by atoms with E-state index in [4.69, 9.17) is 4.74 Å². The monoisotopic (exact) mass is 353 g/mol. The number of rotatable bonds is 6. The van der Waals surface area contributed by atoms with E-state index in [0.29, 0.717) is 6.61 Å². The summed E-state index contributed by atoms with van der Waals surface area (Å²) in [5.74, 6) is -0.489. The summed E-state index contributed by atoms with van der Waals surface area (Å²) in [7, 11) is -2.18. The van der Waals surface area contributed by atoms with Gasteiger partial charge in [-0.05, 0) is 48.0 Å². The highest BCUT2D eigenvalue weighted by Gasteiger charge is 2.23. The van der Waals surface area contributed by atoms with E-state index < -0.39 is 15.8 Å². The van der Waals surface area contributed by atoms with Crippen molar-refractivity contribution in [1.82, 2.24) is 4.31 Å². The molecule has 0 saturated heterocycles. The van der Waals surface area contributed by atoms with Crippen molar-refractivity contribution >= 4 is 26.0 Å². The van der Waals surface area contributed by atoms with Crippen LogP contribution in [0.15, 0.2) is 27.6 Å². The van der Waals surface area contributed by atoms with Crippen LogP contribution in [0.2, 0.25) is 0 Å². The van der Waals surface area contributed by atoms with E-state index in [2.05, 4.69) is 15.9 Å². The Labute approximate surface area is 121 Å². The zero-order valence-corrected chi connectivity index (χ0v) is 13.5. The molecular weight excluding hydrogens is 337 g/mol. The van der Waals surface area contributed by atoms with Gasteiger partial charge < -0.3 is 4.74 Å². The molecule has 0 saturated carbocycles. The fraction of sp³-hybridized carbons (Fsp3) is 0.500. The first-order valence-corrected chi connectivity index (χ1v) is 8.01. The van der Waals surface area contributed by atoms with E-state index in [-0.39, 0.29) is 22.0 Å². The van der Waals surface area contributed by atoms with Gasteiger partial charge in [0.25, 0.3) is 0 Å². The summed E-state index contributed by atoms with van der Waals surface area (Å²) >= 11 is 3.07. The molecule has 0 radical (unpaired) electrons. The average Bonchev–Trinajstić information content (AvgIpc) is 2.27. The maximum absolute atomic E-state index is 13.0. The van der Waals surface area contributed by atoms with Crippen LogP contribution in [-0.2, 0) is 14.8 Å². The molecule has 0 amide bonds. The quantitative estimate of drug-likeness (QED) is 0.789. The highest BCUT2D eigenvalue weighted by molar-refractivity contribution is 9.10. The average molecular weight is 354 g/mol. The summed E-state index contributed by atoms with van der Waals surface area (Å²) in [5.41, 5.74) is 0. The summed E-state index contributed by atoms with van der Waals surface area (Å²) in [6.45, 7) is 4.31. The summed E-state index contributed by atoms with van der Waals surface area (Å²) in [5, 5.41) is 0. The number of hydrogen-bond donors (Lipinski definition) is 0. The number of benzene rings is 1. The molecule has 108 valence electrons. The SMILES string of the molecule is CC(C)OCCN(C)S(=O)(=O)c1ccc(F)cc1Br. The molecule has 1 rings (SSSR count). The first kappa shape index (κ1) is 16.6. The first-order chi connectivity index (χ1) is 8.75. The first-order valence-electron chi connectivity index (χ1n) is 5.78. The Kier molecular flexibility index (Phi) is 5.91. The highest BCUT2D eigenvalue weighted by Crippen LogP contribution is 2.25. The van der Waals surface area contributed by atoms with Gasteiger partial charge in [0.15, 0.2) is 0 Å². The van der Waals surface area contributed by atoms with Crippen molar-refractivity contribution in [1.29, 1.82) is 0 Å². The molecule has 0 aliphatic carbocycles. The van der Waals surface area contributed by atoms with Gasteiger partial charge in [0.05, 0.1) is 17.6 Å². The lowest BCUT2D eigenvalue weighted by molar-refractivity contribution is 0.0737. The van der Waals surface area contributed by atoms with Crippen molar-refractivity contribution in [3.63, 3.8) is 0 Å². The molecule has 7 heteroatoms. The third-order valence-electron chi connectivity index (χ3n) is 2.44. The van der Waals surface area contributed by atoms with Gasteiger partial charge in [0.2, 0.25) is 10.0 Å². The normalized spacial score (nSPS) is 12.4. The molecular formula is C12H17BrFNO3S. The summed E-state index contributed by atoms with van der Waals surface area (Å²) in [6.07, 6.45) is 0.0497. The molecule has 1 aromatic carbocycles. The smallest absolute Gasteiger partial charge is 0.244 e. The summed E-state index contributed by atoms with van der Waals surface area (Å²) < 4.78 is 44.2. The molecule has 0 aliphatic rings. The van der Waals surface area contributed by atoms with Crippen LogP contribution in [0.5, 0.6) is 0 Å². The van der Waals surface area contributed by atoms with Crippen molar-refractivity contribution in [3.8, 4) is 0 Å². The van der Waals surface area contributed by atoms with E-state index in [1.165, 1.54) is 17.4 Å². The van der Waals surface area contributed by atoms with Gasteiger partial charge >= 0.3 is 0 Å². The van der Waals surface area contributed by atoms with Crippen LogP contribution in [0.4, 0.5) is 4.39 Å². The Morgan fingerprint density at radius 3 is 2.58 bits per heavy atom. The van der Waals surface area contributed by atoms with Crippen LogP contribution in [-0.4, -0.2) is 39.0 Å². The minimum atomic E-state index is -3.64. The number of nitrogens with zero attached hydrogens (tertiary/aromatic N) is 1. The molecule has 0 unspecified atom stereocenters. The minimum Gasteiger partial charge on any atom is -0.377 e. The fourth-order valence-corrected chi connectivity index (χ4v) is 3.55. The number of halogens is 2. The Morgan fingerprint density at radius 1 is 1.42 bits per heavy atom. The van der Waals surface area contributed by atoms with Crippen LogP contribution in [0.1, 0.15) is 13.8 Å². The molecule has 0 aromatic heterocycles. The Morgan fingerprint density at radius 2 is 2.05 bits per heavy atom. The van der Waals surface area contributed by atoms with Crippen LogP contribution in [0.3, 0.4) is 0 Å². The molecule has 0 fully saturated rings. The molecule has 19 heavy (non-hydrogen) atoms. The molecule has 0 heterocycles. The van der Waals surface area contributed by atoms with Gasteiger partial charge in [0, 0.05) is 18.1 Å². The maximum Gasteiger partial charge on any atom is 0.244 e. The lowest BCUT2D eigenvalue weighted by Crippen LogP contribution is -2.31. The number of likely N-dealkylation sites (N-methyl/N-ethyl adjacent to an activating group) is 1. The minimum absolute atomic E-state index is 0.0425. The van der Waals surface area contributed by atoms with E-state index >= 15 is 0 Å². The standard InChI is InChI=1S/C12H17BrFNO3S/c1-9(2)18-7-6-15(3)19(16,17)12-5-4-10(14)8-11(12)13/h4-5,8-9H,6-7H2,1-3H3. The number of hydrogen-bond acceptors (Lipinski definition) is 3. The molecule has 0 aliphatic heterocycles. The van der Waals surface area contributed by atoms with Crippen molar-refractivity contribution in [2.75, 3.05) is 20.2 Å². The second-order valence-corrected chi connectivity index (χ2v) is 7.19. The Hall–Kier alpha value is -0.500. The topological polar surface area (TPSA) is 46.6 Å².